The molecule has 4 heterocycles. The summed E-state index contributed by atoms with van der Waals surface area (Å²) in [5.41, 5.74) is 3.41. The van der Waals surface area contributed by atoms with Crippen LogP contribution in [0.3, 0.4) is 0 Å². The normalized spacial score (nSPS) is 11.7. The number of hydrogen-bond donors (Lipinski definition) is 1. The maximum Gasteiger partial charge on any atom is 0.228 e. The number of carbonyl (C=O) groups is 2. The van der Waals surface area contributed by atoms with Crippen molar-refractivity contribution in [3.8, 4) is 0 Å². The lowest BCUT2D eigenvalue weighted by molar-refractivity contribution is -0.115. The van der Waals surface area contributed by atoms with Crippen LogP contribution >= 0.6 is 0 Å². The smallest absolute Gasteiger partial charge is 0.228 e. The molecule has 4 aromatic heterocycles. The van der Waals surface area contributed by atoms with Gasteiger partial charge in [-0.1, -0.05) is 0 Å². The molecule has 0 aromatic carbocycles. The number of ketones is 1. The van der Waals surface area contributed by atoms with E-state index >= 15 is 0 Å². The largest absolute Gasteiger partial charge is 0.326 e. The van der Waals surface area contributed by atoms with E-state index in [9.17, 15) is 9.59 Å². The Morgan fingerprint density at radius 2 is 1.88 bits per heavy atom. The van der Waals surface area contributed by atoms with Crippen LogP contribution in [0.5, 0.6) is 0 Å². The van der Waals surface area contributed by atoms with Crippen molar-refractivity contribution in [1.82, 2.24) is 29.3 Å². The molecule has 0 fully saturated rings. The van der Waals surface area contributed by atoms with Gasteiger partial charge >= 0.3 is 0 Å². The number of amides is 1. The molecule has 32 heavy (non-hydrogen) atoms. The van der Waals surface area contributed by atoms with Crippen molar-refractivity contribution in [2.24, 2.45) is 7.05 Å². The van der Waals surface area contributed by atoms with E-state index in [0.717, 1.165) is 11.3 Å². The molecule has 0 spiro atoms. The Bertz CT molecular complexity index is 1330. The fourth-order valence-corrected chi connectivity index (χ4v) is 3.65. The molecular weight excluding hydrogens is 406 g/mol. The van der Waals surface area contributed by atoms with Gasteiger partial charge in [0, 0.05) is 53.9 Å². The fraction of sp³-hybridized carbons (Fsp3) is 0.304. The lowest BCUT2D eigenvalue weighted by Crippen LogP contribution is -2.21. The third-order valence-corrected chi connectivity index (χ3v) is 5.19. The minimum Gasteiger partial charge on any atom is -0.326 e. The molecule has 0 atom stereocenters. The van der Waals surface area contributed by atoms with E-state index < -0.39 is 0 Å². The summed E-state index contributed by atoms with van der Waals surface area (Å²) < 4.78 is 3.64. The molecular formula is C23H25N7O2. The summed E-state index contributed by atoms with van der Waals surface area (Å²) >= 11 is 0. The zero-order chi connectivity index (χ0) is 23.0. The number of hydrogen-bond acceptors (Lipinski definition) is 6. The van der Waals surface area contributed by atoms with Gasteiger partial charge in [-0.3, -0.25) is 19.3 Å². The Morgan fingerprint density at radius 3 is 2.56 bits per heavy atom. The second-order valence-corrected chi connectivity index (χ2v) is 8.77. The number of nitrogens with zero attached hydrogens (tertiary/aromatic N) is 6. The van der Waals surface area contributed by atoms with Crippen LogP contribution in [0.4, 0.5) is 5.69 Å². The van der Waals surface area contributed by atoms with Crippen molar-refractivity contribution in [3.63, 3.8) is 0 Å². The Kier molecular flexibility index (Phi) is 5.33. The predicted octanol–water partition coefficient (Wildman–Crippen LogP) is 3.04. The minimum atomic E-state index is -0.260. The highest BCUT2D eigenvalue weighted by Gasteiger charge is 2.23. The molecule has 0 aliphatic heterocycles. The van der Waals surface area contributed by atoms with Gasteiger partial charge in [0.1, 0.15) is 12.0 Å². The summed E-state index contributed by atoms with van der Waals surface area (Å²) in [6, 6.07) is 1.63. The molecule has 0 aliphatic carbocycles. The molecule has 164 valence electrons. The van der Waals surface area contributed by atoms with Gasteiger partial charge in [0.2, 0.25) is 5.91 Å². The standard InChI is InChI=1S/C23H25N7O2/c1-14-16(11-29(5)28-14)7-20(31)27-17-6-15(8-24-9-17)21(32)19-12-30(23(2,3)4)22-18(19)10-25-13-26-22/h6,8-13H,7H2,1-5H3,(H,27,31). The number of pyridine rings is 1. The SMILES string of the molecule is Cc1nn(C)cc1CC(=O)Nc1cncc(C(=O)c2cn(C(C)(C)C)c3ncncc23)c1. The molecule has 9 heteroatoms. The number of carbonyl (C=O) groups excluding carboxylic acids is 2. The first kappa shape index (κ1) is 21.4. The average molecular weight is 432 g/mol. The van der Waals surface area contributed by atoms with Crippen LogP contribution in [-0.4, -0.2) is 41.0 Å². The number of anilines is 1. The van der Waals surface area contributed by atoms with E-state index in [1.807, 2.05) is 45.5 Å². The highest BCUT2D eigenvalue weighted by molar-refractivity contribution is 6.16. The first-order chi connectivity index (χ1) is 15.1. The first-order valence-corrected chi connectivity index (χ1v) is 10.2. The van der Waals surface area contributed by atoms with Crippen LogP contribution in [0, 0.1) is 6.92 Å². The zero-order valence-electron chi connectivity index (χ0n) is 18.7. The third kappa shape index (κ3) is 4.14. The molecule has 0 bridgehead atoms. The lowest BCUT2D eigenvalue weighted by Gasteiger charge is -2.21. The van der Waals surface area contributed by atoms with Gasteiger partial charge < -0.3 is 9.88 Å². The molecule has 0 unspecified atom stereocenters. The van der Waals surface area contributed by atoms with E-state index in [4.69, 9.17) is 0 Å². The van der Waals surface area contributed by atoms with E-state index in [1.54, 1.807) is 23.1 Å². The second-order valence-electron chi connectivity index (χ2n) is 8.77. The monoisotopic (exact) mass is 431 g/mol. The number of aryl methyl sites for hydroxylation is 2. The Hall–Kier alpha value is -3.88. The van der Waals surface area contributed by atoms with Crippen molar-refractivity contribution in [2.75, 3.05) is 5.32 Å². The zero-order valence-corrected chi connectivity index (χ0v) is 18.7. The number of nitrogens with one attached hydrogen (secondary N) is 1. The Balaban J connectivity index is 1.60. The third-order valence-electron chi connectivity index (χ3n) is 5.19. The molecule has 4 rings (SSSR count). The van der Waals surface area contributed by atoms with Gasteiger partial charge in [-0.2, -0.15) is 5.10 Å². The maximum atomic E-state index is 13.3. The van der Waals surface area contributed by atoms with Gasteiger partial charge in [-0.15, -0.1) is 0 Å². The van der Waals surface area contributed by atoms with E-state index in [1.165, 1.54) is 18.7 Å². The van der Waals surface area contributed by atoms with Gasteiger partial charge in [0.05, 0.1) is 29.6 Å². The topological polar surface area (TPSA) is 108 Å². The molecule has 0 radical (unpaired) electrons. The molecule has 0 saturated heterocycles. The van der Waals surface area contributed by atoms with Gasteiger partial charge in [0.25, 0.3) is 0 Å². The van der Waals surface area contributed by atoms with Crippen molar-refractivity contribution >= 4 is 28.4 Å². The maximum absolute atomic E-state index is 13.3. The van der Waals surface area contributed by atoms with Crippen LogP contribution in [0.25, 0.3) is 11.0 Å². The summed E-state index contributed by atoms with van der Waals surface area (Å²) in [6.45, 7) is 8.00. The Morgan fingerprint density at radius 1 is 1.09 bits per heavy atom. The van der Waals surface area contributed by atoms with Crippen LogP contribution in [0.15, 0.2) is 43.4 Å². The Labute approximate surface area is 185 Å². The van der Waals surface area contributed by atoms with Crippen molar-refractivity contribution in [2.45, 2.75) is 39.7 Å². The quantitative estimate of drug-likeness (QED) is 0.487. The van der Waals surface area contributed by atoms with E-state index in [-0.39, 0.29) is 23.7 Å². The number of fused-ring (bicyclic) bond motifs is 1. The van der Waals surface area contributed by atoms with Crippen LogP contribution in [-0.2, 0) is 23.8 Å². The average Bonchev–Trinajstić information content (AvgIpc) is 3.27. The predicted molar refractivity (Wildman–Crippen MR) is 120 cm³/mol. The number of aromatic nitrogens is 6. The van der Waals surface area contributed by atoms with Crippen molar-refractivity contribution in [3.05, 3.63) is 65.8 Å². The van der Waals surface area contributed by atoms with Crippen LogP contribution in [0.2, 0.25) is 0 Å². The molecule has 0 saturated carbocycles. The summed E-state index contributed by atoms with van der Waals surface area (Å²) in [7, 11) is 1.81. The summed E-state index contributed by atoms with van der Waals surface area (Å²) in [6.07, 6.45) is 9.94. The first-order valence-electron chi connectivity index (χ1n) is 10.2. The molecule has 0 aliphatic rings. The highest BCUT2D eigenvalue weighted by atomic mass is 16.1. The molecule has 1 amide bonds. The fourth-order valence-electron chi connectivity index (χ4n) is 3.65. The molecule has 4 aromatic rings. The summed E-state index contributed by atoms with van der Waals surface area (Å²) in [4.78, 5) is 38.5. The van der Waals surface area contributed by atoms with Gasteiger partial charge in [-0.05, 0) is 33.8 Å². The second kappa shape index (κ2) is 7.99. The minimum absolute atomic E-state index is 0.189. The van der Waals surface area contributed by atoms with E-state index in [2.05, 4.69) is 25.4 Å². The van der Waals surface area contributed by atoms with Gasteiger partial charge in [0.15, 0.2) is 5.78 Å². The van der Waals surface area contributed by atoms with Crippen LogP contribution in [0.1, 0.15) is 48.0 Å². The van der Waals surface area contributed by atoms with Crippen molar-refractivity contribution < 1.29 is 9.59 Å². The summed E-state index contributed by atoms with van der Waals surface area (Å²) in [5.74, 6) is -0.412. The lowest BCUT2D eigenvalue weighted by atomic mass is 10.1. The molecule has 1 N–H and O–H groups in total. The highest BCUT2D eigenvalue weighted by Crippen LogP contribution is 2.27. The number of rotatable bonds is 5. The van der Waals surface area contributed by atoms with Crippen molar-refractivity contribution in [1.29, 1.82) is 0 Å². The van der Waals surface area contributed by atoms with Gasteiger partial charge in [-0.25, -0.2) is 9.97 Å². The van der Waals surface area contributed by atoms with E-state index in [0.29, 0.717) is 27.8 Å². The molecule has 9 nitrogen and oxygen atoms in total. The summed E-state index contributed by atoms with van der Waals surface area (Å²) in [5, 5.41) is 7.75. The van der Waals surface area contributed by atoms with Crippen LogP contribution < -0.4 is 5.32 Å².